The summed E-state index contributed by atoms with van der Waals surface area (Å²) in [6, 6.07) is 10.4. The van der Waals surface area contributed by atoms with Crippen LogP contribution >= 0.6 is 0 Å². The lowest BCUT2D eigenvalue weighted by Gasteiger charge is -2.14. The fraction of sp³-hybridized carbons (Fsp3) is 0.167. The second-order valence-corrected chi connectivity index (χ2v) is 8.06. The predicted octanol–water partition coefficient (Wildman–Crippen LogP) is 2.81. The lowest BCUT2D eigenvalue weighted by molar-refractivity contribution is -0.384. The molecule has 1 N–H and O–H groups in total. The van der Waals surface area contributed by atoms with Gasteiger partial charge in [-0.25, -0.2) is 12.7 Å². The molecule has 0 bridgehead atoms. The van der Waals surface area contributed by atoms with E-state index in [0.717, 1.165) is 4.31 Å². The number of hydrogen-bond donors (Lipinski definition) is 1. The number of anilines is 1. The Balaban J connectivity index is 2.15. The fourth-order valence-corrected chi connectivity index (χ4v) is 3.36. The van der Waals surface area contributed by atoms with Gasteiger partial charge in [-0.15, -0.1) is 0 Å². The molecule has 0 saturated heterocycles. The average Bonchev–Trinajstić information content (AvgIpc) is 2.61. The van der Waals surface area contributed by atoms with E-state index in [1.807, 2.05) is 0 Å². The zero-order valence-electron chi connectivity index (χ0n) is 15.0. The number of rotatable bonds is 6. The third kappa shape index (κ3) is 4.99. The van der Waals surface area contributed by atoms with Crippen molar-refractivity contribution >= 4 is 33.4 Å². The highest BCUT2D eigenvalue weighted by Crippen LogP contribution is 2.22. The highest BCUT2D eigenvalue weighted by atomic mass is 32.2. The summed E-state index contributed by atoms with van der Waals surface area (Å²) in [5.41, 5.74) is 1.50. The first kappa shape index (κ1) is 20.3. The molecule has 2 aromatic rings. The van der Waals surface area contributed by atoms with E-state index in [-0.39, 0.29) is 10.6 Å². The zero-order valence-corrected chi connectivity index (χ0v) is 15.9. The molecule has 1 amide bonds. The van der Waals surface area contributed by atoms with Crippen LogP contribution in [-0.2, 0) is 14.8 Å². The molecule has 0 radical (unpaired) electrons. The van der Waals surface area contributed by atoms with Crippen LogP contribution in [0.4, 0.5) is 11.4 Å². The number of aryl methyl sites for hydroxylation is 1. The van der Waals surface area contributed by atoms with E-state index in [9.17, 15) is 23.3 Å². The minimum atomic E-state index is -3.62. The number of carbonyl (C=O) groups excluding carboxylic acids is 1. The molecule has 9 heteroatoms. The van der Waals surface area contributed by atoms with Crippen molar-refractivity contribution in [2.75, 3.05) is 19.4 Å². The second-order valence-electron chi connectivity index (χ2n) is 5.94. The average molecular weight is 389 g/mol. The zero-order chi connectivity index (χ0) is 20.2. The van der Waals surface area contributed by atoms with Gasteiger partial charge in [-0.05, 0) is 48.4 Å². The molecular formula is C18H19N3O5S. The number of nitrogens with one attached hydrogen (secondary N) is 1. The van der Waals surface area contributed by atoms with Crippen molar-refractivity contribution in [1.29, 1.82) is 0 Å². The van der Waals surface area contributed by atoms with Crippen molar-refractivity contribution in [3.63, 3.8) is 0 Å². The molecule has 27 heavy (non-hydrogen) atoms. The van der Waals surface area contributed by atoms with Gasteiger partial charge in [0.2, 0.25) is 15.9 Å². The van der Waals surface area contributed by atoms with E-state index in [4.69, 9.17) is 0 Å². The number of carbonyl (C=O) groups is 1. The number of non-ortho nitro benzene ring substituents is 1. The fourth-order valence-electron chi connectivity index (χ4n) is 2.22. The topological polar surface area (TPSA) is 110 Å². The van der Waals surface area contributed by atoms with Gasteiger partial charge in [0, 0.05) is 38.0 Å². The third-order valence-electron chi connectivity index (χ3n) is 3.75. The summed E-state index contributed by atoms with van der Waals surface area (Å²) in [4.78, 5) is 22.3. The van der Waals surface area contributed by atoms with E-state index in [1.54, 1.807) is 19.1 Å². The molecule has 0 saturated carbocycles. The summed E-state index contributed by atoms with van der Waals surface area (Å²) in [5, 5.41) is 13.2. The molecule has 0 unspecified atom stereocenters. The maximum Gasteiger partial charge on any atom is 0.269 e. The number of nitro benzene ring substituents is 1. The number of amides is 1. The number of nitro groups is 1. The highest BCUT2D eigenvalue weighted by Gasteiger charge is 2.20. The molecule has 0 spiro atoms. The SMILES string of the molecule is Cc1ccc(NC(=O)C=Cc2ccc([N+](=O)[O-])cc2)cc1S(=O)(=O)N(C)C. The molecule has 0 aliphatic heterocycles. The van der Waals surface area contributed by atoms with Crippen LogP contribution in [0.5, 0.6) is 0 Å². The summed E-state index contributed by atoms with van der Waals surface area (Å²) in [7, 11) is -0.748. The molecule has 8 nitrogen and oxygen atoms in total. The molecule has 0 aromatic heterocycles. The van der Waals surface area contributed by atoms with Gasteiger partial charge in [0.1, 0.15) is 0 Å². The van der Waals surface area contributed by atoms with Crippen LogP contribution in [0, 0.1) is 17.0 Å². The van der Waals surface area contributed by atoms with Crippen LogP contribution in [0.2, 0.25) is 0 Å². The lowest BCUT2D eigenvalue weighted by atomic mass is 10.2. The number of nitrogens with zero attached hydrogens (tertiary/aromatic N) is 2. The number of sulfonamides is 1. The quantitative estimate of drug-likeness (QED) is 0.464. The Hall–Kier alpha value is -3.04. The van der Waals surface area contributed by atoms with E-state index < -0.39 is 20.9 Å². The van der Waals surface area contributed by atoms with E-state index >= 15 is 0 Å². The van der Waals surface area contributed by atoms with Crippen molar-refractivity contribution in [1.82, 2.24) is 4.31 Å². The molecule has 0 heterocycles. The molecule has 0 aliphatic carbocycles. The molecule has 0 atom stereocenters. The molecule has 2 aromatic carbocycles. The smallest absolute Gasteiger partial charge is 0.269 e. The van der Waals surface area contributed by atoms with Crippen LogP contribution in [-0.4, -0.2) is 37.6 Å². The first-order valence-electron chi connectivity index (χ1n) is 7.88. The highest BCUT2D eigenvalue weighted by molar-refractivity contribution is 7.89. The maximum atomic E-state index is 12.3. The Labute approximate surface area is 157 Å². The summed E-state index contributed by atoms with van der Waals surface area (Å²) in [6.07, 6.45) is 2.77. The minimum absolute atomic E-state index is 0.0362. The molecule has 2 rings (SSSR count). The van der Waals surface area contributed by atoms with Gasteiger partial charge in [-0.1, -0.05) is 6.07 Å². The third-order valence-corrected chi connectivity index (χ3v) is 5.70. The van der Waals surface area contributed by atoms with Crippen LogP contribution in [0.3, 0.4) is 0 Å². The predicted molar refractivity (Wildman–Crippen MR) is 103 cm³/mol. The molecule has 0 fully saturated rings. The first-order chi connectivity index (χ1) is 12.6. The normalized spacial score (nSPS) is 11.7. The molecule has 0 aliphatic rings. The Morgan fingerprint density at radius 3 is 2.33 bits per heavy atom. The largest absolute Gasteiger partial charge is 0.322 e. The van der Waals surface area contributed by atoms with Crippen molar-refractivity contribution in [2.24, 2.45) is 0 Å². The Bertz CT molecular complexity index is 996. The Kier molecular flexibility index (Phi) is 6.09. The van der Waals surface area contributed by atoms with E-state index in [0.29, 0.717) is 16.8 Å². The van der Waals surface area contributed by atoms with Crippen LogP contribution in [0.1, 0.15) is 11.1 Å². The molecule has 142 valence electrons. The minimum Gasteiger partial charge on any atom is -0.322 e. The number of benzene rings is 2. The van der Waals surface area contributed by atoms with Gasteiger partial charge < -0.3 is 5.32 Å². The standard InChI is InChI=1S/C18H19N3O5S/c1-13-4-8-15(12-17(13)27(25,26)20(2)3)19-18(22)11-7-14-5-9-16(10-6-14)21(23)24/h4-12H,1-3H3,(H,19,22). The van der Waals surface area contributed by atoms with Crippen LogP contribution < -0.4 is 5.32 Å². The van der Waals surface area contributed by atoms with Crippen molar-refractivity contribution in [3.05, 3.63) is 69.8 Å². The number of hydrogen-bond acceptors (Lipinski definition) is 5. The van der Waals surface area contributed by atoms with E-state index in [2.05, 4.69) is 5.32 Å². The van der Waals surface area contributed by atoms with Crippen molar-refractivity contribution in [3.8, 4) is 0 Å². The van der Waals surface area contributed by atoms with Crippen molar-refractivity contribution < 1.29 is 18.1 Å². The monoisotopic (exact) mass is 389 g/mol. The maximum absolute atomic E-state index is 12.3. The van der Waals surface area contributed by atoms with Gasteiger partial charge in [-0.2, -0.15) is 0 Å². The van der Waals surface area contributed by atoms with Crippen molar-refractivity contribution in [2.45, 2.75) is 11.8 Å². The Morgan fingerprint density at radius 2 is 1.78 bits per heavy atom. The Morgan fingerprint density at radius 1 is 1.15 bits per heavy atom. The lowest BCUT2D eigenvalue weighted by Crippen LogP contribution is -2.23. The van der Waals surface area contributed by atoms with Crippen LogP contribution in [0.25, 0.3) is 6.08 Å². The summed E-state index contributed by atoms with van der Waals surface area (Å²) in [5.74, 6) is -0.453. The summed E-state index contributed by atoms with van der Waals surface area (Å²) >= 11 is 0. The van der Waals surface area contributed by atoms with Gasteiger partial charge in [0.15, 0.2) is 0 Å². The van der Waals surface area contributed by atoms with Gasteiger partial charge in [0.25, 0.3) is 5.69 Å². The van der Waals surface area contributed by atoms with E-state index in [1.165, 1.54) is 56.6 Å². The van der Waals surface area contributed by atoms with Gasteiger partial charge in [0.05, 0.1) is 9.82 Å². The first-order valence-corrected chi connectivity index (χ1v) is 9.32. The van der Waals surface area contributed by atoms with Gasteiger partial charge in [-0.3, -0.25) is 14.9 Å². The summed E-state index contributed by atoms with van der Waals surface area (Å²) in [6.45, 7) is 1.68. The second kappa shape index (κ2) is 8.11. The van der Waals surface area contributed by atoms with Crippen LogP contribution in [0.15, 0.2) is 53.4 Å². The van der Waals surface area contributed by atoms with Gasteiger partial charge >= 0.3 is 0 Å². The summed E-state index contributed by atoms with van der Waals surface area (Å²) < 4.78 is 25.8. The molecular weight excluding hydrogens is 370 g/mol.